The number of hydrogen-bond acceptors (Lipinski definition) is 2. The van der Waals surface area contributed by atoms with Gasteiger partial charge in [-0.15, -0.1) is 0 Å². The molecule has 2 nitrogen and oxygen atoms in total. The number of furan rings is 1. The third-order valence-corrected chi connectivity index (χ3v) is 3.18. The first-order valence-corrected chi connectivity index (χ1v) is 6.07. The Hall–Kier alpha value is -0.770. The van der Waals surface area contributed by atoms with Crippen LogP contribution in [0.25, 0.3) is 0 Å². The van der Waals surface area contributed by atoms with Crippen LogP contribution in [0.2, 0.25) is 5.02 Å². The molecule has 2 N–H and O–H groups in total. The van der Waals surface area contributed by atoms with Gasteiger partial charge in [-0.2, -0.15) is 0 Å². The van der Waals surface area contributed by atoms with Crippen LogP contribution < -0.4 is 5.73 Å². The van der Waals surface area contributed by atoms with Gasteiger partial charge < -0.3 is 10.2 Å². The summed E-state index contributed by atoms with van der Waals surface area (Å²) in [6.45, 7) is 0. The number of benzene rings is 1. The molecule has 2 rings (SSSR count). The Labute approximate surface area is 108 Å². The van der Waals surface area contributed by atoms with E-state index in [1.54, 1.807) is 6.26 Å². The molecule has 2 aromatic rings. The fraction of sp³-hybridized carbons (Fsp3) is 0.167. The van der Waals surface area contributed by atoms with Crippen molar-refractivity contribution in [1.82, 2.24) is 0 Å². The van der Waals surface area contributed by atoms with Gasteiger partial charge in [0.2, 0.25) is 0 Å². The van der Waals surface area contributed by atoms with E-state index >= 15 is 0 Å². The molecule has 0 fully saturated rings. The maximum Gasteiger partial charge on any atom is 0.105 e. The molecule has 1 heterocycles. The number of rotatable bonds is 3. The van der Waals surface area contributed by atoms with Crippen LogP contribution in [0.15, 0.2) is 45.5 Å². The highest BCUT2D eigenvalue weighted by Gasteiger charge is 2.12. The summed E-state index contributed by atoms with van der Waals surface area (Å²) in [5.41, 5.74) is 7.01. The van der Waals surface area contributed by atoms with E-state index in [1.807, 2.05) is 30.3 Å². The molecule has 0 amide bonds. The van der Waals surface area contributed by atoms with E-state index in [4.69, 9.17) is 21.8 Å². The van der Waals surface area contributed by atoms with Gasteiger partial charge in [-0.3, -0.25) is 0 Å². The Balaban J connectivity index is 2.17. The van der Waals surface area contributed by atoms with Crippen molar-refractivity contribution in [2.75, 3.05) is 0 Å². The van der Waals surface area contributed by atoms with Crippen molar-refractivity contribution in [1.29, 1.82) is 0 Å². The van der Waals surface area contributed by atoms with Crippen LogP contribution in [0.3, 0.4) is 0 Å². The molecule has 0 aliphatic heterocycles. The maximum absolute atomic E-state index is 6.12. The van der Waals surface area contributed by atoms with Gasteiger partial charge in [0.1, 0.15) is 5.76 Å². The fourth-order valence-electron chi connectivity index (χ4n) is 1.56. The molecule has 1 atom stereocenters. The third-order valence-electron chi connectivity index (χ3n) is 2.36. The zero-order valence-corrected chi connectivity index (χ0v) is 10.8. The van der Waals surface area contributed by atoms with Gasteiger partial charge in [0.15, 0.2) is 0 Å². The summed E-state index contributed by atoms with van der Waals surface area (Å²) < 4.78 is 6.21. The molecule has 0 bridgehead atoms. The SMILES string of the molecule is NC(Cc1ccco1)c1ccc(Br)cc1Cl. The van der Waals surface area contributed by atoms with E-state index in [2.05, 4.69) is 15.9 Å². The highest BCUT2D eigenvalue weighted by atomic mass is 79.9. The molecule has 0 saturated heterocycles. The molecule has 0 saturated carbocycles. The van der Waals surface area contributed by atoms with Crippen molar-refractivity contribution in [3.63, 3.8) is 0 Å². The summed E-state index contributed by atoms with van der Waals surface area (Å²) in [6.07, 6.45) is 2.29. The molecule has 4 heteroatoms. The van der Waals surface area contributed by atoms with E-state index in [9.17, 15) is 0 Å². The normalized spacial score (nSPS) is 12.7. The van der Waals surface area contributed by atoms with Crippen LogP contribution in [0.1, 0.15) is 17.4 Å². The van der Waals surface area contributed by atoms with Crippen molar-refractivity contribution < 1.29 is 4.42 Å². The summed E-state index contributed by atoms with van der Waals surface area (Å²) in [6, 6.07) is 9.33. The summed E-state index contributed by atoms with van der Waals surface area (Å²) in [5.74, 6) is 0.867. The summed E-state index contributed by atoms with van der Waals surface area (Å²) in [4.78, 5) is 0. The minimum atomic E-state index is -0.147. The van der Waals surface area contributed by atoms with Crippen molar-refractivity contribution in [2.24, 2.45) is 5.73 Å². The Morgan fingerprint density at radius 1 is 1.38 bits per heavy atom. The van der Waals surface area contributed by atoms with Gasteiger partial charge in [-0.25, -0.2) is 0 Å². The van der Waals surface area contributed by atoms with Gasteiger partial charge in [-0.1, -0.05) is 33.6 Å². The second-order valence-corrected chi connectivity index (χ2v) is 4.88. The smallest absolute Gasteiger partial charge is 0.105 e. The molecular weight excluding hydrogens is 289 g/mol. The Morgan fingerprint density at radius 2 is 2.19 bits per heavy atom. The standard InChI is InChI=1S/C12H11BrClNO/c13-8-3-4-10(11(14)6-8)12(15)7-9-2-1-5-16-9/h1-6,12H,7,15H2. The minimum Gasteiger partial charge on any atom is -0.469 e. The van der Waals surface area contributed by atoms with E-state index < -0.39 is 0 Å². The maximum atomic E-state index is 6.12. The van der Waals surface area contributed by atoms with Crippen LogP contribution in [0.4, 0.5) is 0 Å². The molecule has 1 unspecified atom stereocenters. The first kappa shape index (κ1) is 11.7. The Bertz CT molecular complexity index is 470. The molecule has 1 aromatic heterocycles. The third kappa shape index (κ3) is 2.67. The molecule has 0 spiro atoms. The Kier molecular flexibility index (Phi) is 3.69. The first-order chi connectivity index (χ1) is 7.66. The number of halogens is 2. The van der Waals surface area contributed by atoms with Gasteiger partial charge in [0.05, 0.1) is 6.26 Å². The summed E-state index contributed by atoms with van der Waals surface area (Å²) in [7, 11) is 0. The quantitative estimate of drug-likeness (QED) is 0.932. The molecule has 1 aromatic carbocycles. The molecule has 0 aliphatic carbocycles. The summed E-state index contributed by atoms with van der Waals surface area (Å²) >= 11 is 9.49. The van der Waals surface area contributed by atoms with E-state index in [0.717, 1.165) is 15.8 Å². The number of hydrogen-bond donors (Lipinski definition) is 1. The van der Waals surface area contributed by atoms with E-state index in [-0.39, 0.29) is 6.04 Å². The van der Waals surface area contributed by atoms with E-state index in [0.29, 0.717) is 11.4 Å². The summed E-state index contributed by atoms with van der Waals surface area (Å²) in [5, 5.41) is 0.674. The van der Waals surface area contributed by atoms with Crippen molar-refractivity contribution >= 4 is 27.5 Å². The van der Waals surface area contributed by atoms with E-state index in [1.165, 1.54) is 0 Å². The molecule has 0 aliphatic rings. The van der Waals surface area contributed by atoms with Crippen LogP contribution in [0.5, 0.6) is 0 Å². The van der Waals surface area contributed by atoms with Crippen LogP contribution in [-0.2, 0) is 6.42 Å². The average Bonchev–Trinajstić information content (AvgIpc) is 2.70. The second kappa shape index (κ2) is 5.04. The van der Waals surface area contributed by atoms with Crippen molar-refractivity contribution in [3.8, 4) is 0 Å². The lowest BCUT2D eigenvalue weighted by molar-refractivity contribution is 0.488. The highest BCUT2D eigenvalue weighted by molar-refractivity contribution is 9.10. The van der Waals surface area contributed by atoms with Crippen LogP contribution in [0, 0.1) is 0 Å². The number of nitrogens with two attached hydrogens (primary N) is 1. The zero-order chi connectivity index (χ0) is 11.5. The molecule has 0 radical (unpaired) electrons. The Morgan fingerprint density at radius 3 is 2.81 bits per heavy atom. The topological polar surface area (TPSA) is 39.2 Å². The van der Waals surface area contributed by atoms with Crippen molar-refractivity contribution in [2.45, 2.75) is 12.5 Å². The second-order valence-electron chi connectivity index (χ2n) is 3.56. The molecule has 16 heavy (non-hydrogen) atoms. The lowest BCUT2D eigenvalue weighted by Crippen LogP contribution is -2.13. The molecular formula is C12H11BrClNO. The lowest BCUT2D eigenvalue weighted by atomic mass is 10.0. The van der Waals surface area contributed by atoms with Gasteiger partial charge >= 0.3 is 0 Å². The van der Waals surface area contributed by atoms with Gasteiger partial charge in [0.25, 0.3) is 0 Å². The van der Waals surface area contributed by atoms with Crippen LogP contribution >= 0.6 is 27.5 Å². The average molecular weight is 301 g/mol. The largest absolute Gasteiger partial charge is 0.469 e. The predicted molar refractivity (Wildman–Crippen MR) is 68.5 cm³/mol. The lowest BCUT2D eigenvalue weighted by Gasteiger charge is -2.12. The monoisotopic (exact) mass is 299 g/mol. The van der Waals surface area contributed by atoms with Gasteiger partial charge in [-0.05, 0) is 29.8 Å². The first-order valence-electron chi connectivity index (χ1n) is 4.89. The van der Waals surface area contributed by atoms with Crippen LogP contribution in [-0.4, -0.2) is 0 Å². The molecule has 84 valence electrons. The van der Waals surface area contributed by atoms with Crippen molar-refractivity contribution in [3.05, 3.63) is 57.4 Å². The predicted octanol–water partition coefficient (Wildman–Crippen LogP) is 3.94. The highest BCUT2D eigenvalue weighted by Crippen LogP contribution is 2.27. The fourth-order valence-corrected chi connectivity index (χ4v) is 2.37. The minimum absolute atomic E-state index is 0.147. The zero-order valence-electron chi connectivity index (χ0n) is 8.49. The van der Waals surface area contributed by atoms with Gasteiger partial charge in [0, 0.05) is 22.0 Å².